The van der Waals surface area contributed by atoms with E-state index in [0.29, 0.717) is 25.0 Å². The highest BCUT2D eigenvalue weighted by Crippen LogP contribution is 2.30. The van der Waals surface area contributed by atoms with E-state index in [0.717, 1.165) is 37.9 Å². The van der Waals surface area contributed by atoms with E-state index in [9.17, 15) is 18.0 Å². The number of carbonyl (C=O) groups excluding carboxylic acids is 1. The number of amides is 1. The van der Waals surface area contributed by atoms with Gasteiger partial charge in [0.25, 0.3) is 5.91 Å². The number of halogens is 3. The van der Waals surface area contributed by atoms with Crippen LogP contribution in [0.3, 0.4) is 0 Å². The lowest BCUT2D eigenvalue weighted by Gasteiger charge is -2.41. The topological polar surface area (TPSA) is 32.3 Å². The Balaban J connectivity index is 1.74. The lowest BCUT2D eigenvalue weighted by molar-refractivity contribution is -0.137. The van der Waals surface area contributed by atoms with E-state index in [1.807, 2.05) is 0 Å². The number of piperidine rings is 2. The van der Waals surface area contributed by atoms with E-state index in [1.165, 1.54) is 12.1 Å². The van der Waals surface area contributed by atoms with Crippen molar-refractivity contribution >= 4 is 5.91 Å². The lowest BCUT2D eigenvalue weighted by atomic mass is 9.85. The van der Waals surface area contributed by atoms with Gasteiger partial charge in [-0.25, -0.2) is 0 Å². The number of fused-ring (bicyclic) bond motifs is 1. The van der Waals surface area contributed by atoms with Gasteiger partial charge in [0.1, 0.15) is 0 Å². The van der Waals surface area contributed by atoms with Crippen LogP contribution in [0.5, 0.6) is 0 Å². The molecule has 120 valence electrons. The van der Waals surface area contributed by atoms with Crippen molar-refractivity contribution in [3.8, 4) is 0 Å². The van der Waals surface area contributed by atoms with Crippen LogP contribution in [0.25, 0.3) is 0 Å². The van der Waals surface area contributed by atoms with E-state index >= 15 is 0 Å². The maximum absolute atomic E-state index is 12.8. The summed E-state index contributed by atoms with van der Waals surface area (Å²) in [5, 5.41) is 3.46. The molecule has 3 nitrogen and oxygen atoms in total. The highest BCUT2D eigenvalue weighted by molar-refractivity contribution is 5.94. The molecule has 2 atom stereocenters. The third-order valence-electron chi connectivity index (χ3n) is 4.62. The van der Waals surface area contributed by atoms with Crippen molar-refractivity contribution in [1.82, 2.24) is 10.2 Å². The van der Waals surface area contributed by atoms with Gasteiger partial charge in [-0.05, 0) is 49.9 Å². The van der Waals surface area contributed by atoms with Crippen molar-refractivity contribution in [2.75, 3.05) is 19.6 Å². The van der Waals surface area contributed by atoms with E-state index < -0.39 is 11.7 Å². The molecule has 22 heavy (non-hydrogen) atoms. The summed E-state index contributed by atoms with van der Waals surface area (Å²) >= 11 is 0. The minimum Gasteiger partial charge on any atom is -0.338 e. The Morgan fingerprint density at radius 1 is 1.27 bits per heavy atom. The number of benzene rings is 1. The third kappa shape index (κ3) is 3.11. The van der Waals surface area contributed by atoms with Gasteiger partial charge in [-0.15, -0.1) is 0 Å². The molecule has 0 saturated carbocycles. The van der Waals surface area contributed by atoms with Crippen LogP contribution in [0.15, 0.2) is 24.3 Å². The van der Waals surface area contributed by atoms with E-state index in [2.05, 4.69) is 5.32 Å². The molecule has 0 unspecified atom stereocenters. The van der Waals surface area contributed by atoms with Gasteiger partial charge in [0.15, 0.2) is 0 Å². The van der Waals surface area contributed by atoms with Crippen LogP contribution in [0, 0.1) is 5.92 Å². The Morgan fingerprint density at radius 3 is 2.86 bits per heavy atom. The summed E-state index contributed by atoms with van der Waals surface area (Å²) in [6.07, 6.45) is -1.39. The maximum atomic E-state index is 12.8. The number of hydrogen-bond acceptors (Lipinski definition) is 2. The Bertz CT molecular complexity index is 559. The standard InChI is InChI=1S/C16H19F3N2O/c17-16(18,19)13-5-1-3-11(9-13)15(22)21-8-6-14-12(10-21)4-2-7-20-14/h1,3,5,9,12,14,20H,2,4,6-8,10H2/t12-,14-/m1/s1. The summed E-state index contributed by atoms with van der Waals surface area (Å²) in [5.74, 6) is 0.118. The number of rotatable bonds is 1. The molecule has 1 aromatic carbocycles. The highest BCUT2D eigenvalue weighted by Gasteiger charge is 2.34. The van der Waals surface area contributed by atoms with Gasteiger partial charge in [-0.2, -0.15) is 13.2 Å². The quantitative estimate of drug-likeness (QED) is 0.865. The predicted octanol–water partition coefficient (Wildman–Crippen LogP) is 2.92. The number of nitrogens with one attached hydrogen (secondary N) is 1. The number of alkyl halides is 3. The van der Waals surface area contributed by atoms with Crippen LogP contribution in [0.4, 0.5) is 13.2 Å². The fourth-order valence-electron chi connectivity index (χ4n) is 3.44. The SMILES string of the molecule is O=C(c1cccc(C(F)(F)F)c1)N1CC[C@H]2NCCC[C@@H]2C1. The molecule has 3 rings (SSSR count). The number of likely N-dealkylation sites (tertiary alicyclic amines) is 1. The van der Waals surface area contributed by atoms with Crippen molar-refractivity contribution in [2.24, 2.45) is 5.92 Å². The third-order valence-corrected chi connectivity index (χ3v) is 4.62. The summed E-state index contributed by atoms with van der Waals surface area (Å²) in [7, 11) is 0. The van der Waals surface area contributed by atoms with Crippen molar-refractivity contribution < 1.29 is 18.0 Å². The van der Waals surface area contributed by atoms with Crippen LogP contribution in [-0.4, -0.2) is 36.5 Å². The molecule has 2 heterocycles. The Hall–Kier alpha value is -1.56. The first-order valence-electron chi connectivity index (χ1n) is 7.65. The van der Waals surface area contributed by atoms with Crippen molar-refractivity contribution in [2.45, 2.75) is 31.5 Å². The molecule has 0 aliphatic carbocycles. The van der Waals surface area contributed by atoms with Crippen molar-refractivity contribution in [3.05, 3.63) is 35.4 Å². The van der Waals surface area contributed by atoms with Crippen LogP contribution in [-0.2, 0) is 6.18 Å². The smallest absolute Gasteiger partial charge is 0.338 e. The van der Waals surface area contributed by atoms with E-state index in [-0.39, 0.29) is 11.5 Å². The van der Waals surface area contributed by atoms with Crippen LogP contribution < -0.4 is 5.32 Å². The largest absolute Gasteiger partial charge is 0.416 e. The van der Waals surface area contributed by atoms with Gasteiger partial charge in [0.05, 0.1) is 5.56 Å². The molecular formula is C16H19F3N2O. The Labute approximate surface area is 127 Å². The first kappa shape index (κ1) is 15.3. The second kappa shape index (κ2) is 5.91. The number of hydrogen-bond donors (Lipinski definition) is 1. The van der Waals surface area contributed by atoms with Crippen molar-refractivity contribution in [1.29, 1.82) is 0 Å². The average molecular weight is 312 g/mol. The number of carbonyl (C=O) groups is 1. The second-order valence-corrected chi connectivity index (χ2v) is 6.08. The molecule has 0 aromatic heterocycles. The Kier molecular flexibility index (Phi) is 4.12. The molecule has 2 aliphatic heterocycles. The zero-order valence-corrected chi connectivity index (χ0v) is 12.2. The van der Waals surface area contributed by atoms with Crippen LogP contribution in [0.1, 0.15) is 35.2 Å². The fourth-order valence-corrected chi connectivity index (χ4v) is 3.44. The molecular weight excluding hydrogens is 293 g/mol. The zero-order chi connectivity index (χ0) is 15.7. The molecule has 2 fully saturated rings. The zero-order valence-electron chi connectivity index (χ0n) is 12.2. The first-order chi connectivity index (χ1) is 10.4. The summed E-state index contributed by atoms with van der Waals surface area (Å²) in [5.41, 5.74) is -0.649. The molecule has 1 aromatic rings. The molecule has 6 heteroatoms. The predicted molar refractivity (Wildman–Crippen MR) is 76.5 cm³/mol. The van der Waals surface area contributed by atoms with E-state index in [4.69, 9.17) is 0 Å². The minimum absolute atomic E-state index is 0.122. The summed E-state index contributed by atoms with van der Waals surface area (Å²) in [6.45, 7) is 2.25. The Morgan fingerprint density at radius 2 is 2.09 bits per heavy atom. The van der Waals surface area contributed by atoms with Crippen LogP contribution in [0.2, 0.25) is 0 Å². The van der Waals surface area contributed by atoms with Crippen LogP contribution >= 0.6 is 0 Å². The summed E-state index contributed by atoms with van der Waals surface area (Å²) < 4.78 is 38.3. The van der Waals surface area contributed by atoms with E-state index in [1.54, 1.807) is 4.90 Å². The molecule has 0 bridgehead atoms. The molecule has 0 radical (unpaired) electrons. The monoisotopic (exact) mass is 312 g/mol. The molecule has 1 N–H and O–H groups in total. The first-order valence-corrected chi connectivity index (χ1v) is 7.65. The maximum Gasteiger partial charge on any atom is 0.416 e. The fraction of sp³-hybridized carbons (Fsp3) is 0.562. The van der Waals surface area contributed by atoms with Gasteiger partial charge in [0, 0.05) is 24.7 Å². The number of nitrogens with zero attached hydrogens (tertiary/aromatic N) is 1. The minimum atomic E-state index is -4.42. The average Bonchev–Trinajstić information content (AvgIpc) is 2.53. The normalized spacial score (nSPS) is 25.7. The van der Waals surface area contributed by atoms with Gasteiger partial charge in [-0.3, -0.25) is 4.79 Å². The summed E-state index contributed by atoms with van der Waals surface area (Å²) in [6, 6.07) is 5.15. The van der Waals surface area contributed by atoms with Gasteiger partial charge >= 0.3 is 6.18 Å². The molecule has 2 aliphatic rings. The second-order valence-electron chi connectivity index (χ2n) is 6.08. The van der Waals surface area contributed by atoms with Crippen molar-refractivity contribution in [3.63, 3.8) is 0 Å². The molecule has 0 spiro atoms. The summed E-state index contributed by atoms with van der Waals surface area (Å²) in [4.78, 5) is 14.2. The highest BCUT2D eigenvalue weighted by atomic mass is 19.4. The van der Waals surface area contributed by atoms with Gasteiger partial charge in [-0.1, -0.05) is 6.07 Å². The van der Waals surface area contributed by atoms with Gasteiger partial charge < -0.3 is 10.2 Å². The molecule has 1 amide bonds. The molecule has 2 saturated heterocycles. The lowest BCUT2D eigenvalue weighted by Crippen LogP contribution is -2.53. The van der Waals surface area contributed by atoms with Gasteiger partial charge in [0.2, 0.25) is 0 Å².